The monoisotopic (exact) mass is 432 g/mol. The van der Waals surface area contributed by atoms with E-state index in [1.54, 1.807) is 23.1 Å². The molecular formula is C17H13BrN4OS2. The first kappa shape index (κ1) is 16.6. The van der Waals surface area contributed by atoms with Crippen molar-refractivity contribution in [2.45, 2.75) is 10.9 Å². The summed E-state index contributed by atoms with van der Waals surface area (Å²) in [6.07, 6.45) is 0. The molecule has 3 aromatic heterocycles. The van der Waals surface area contributed by atoms with E-state index in [0.717, 1.165) is 27.2 Å². The molecule has 1 aromatic carbocycles. The number of furan rings is 1. The fourth-order valence-corrected chi connectivity index (χ4v) is 4.36. The molecule has 5 nitrogen and oxygen atoms in total. The van der Waals surface area contributed by atoms with Crippen molar-refractivity contribution in [3.63, 3.8) is 0 Å². The molecule has 8 heteroatoms. The Morgan fingerprint density at radius 2 is 2.00 bits per heavy atom. The molecular weight excluding hydrogens is 420 g/mol. The van der Waals surface area contributed by atoms with Crippen LogP contribution in [0.1, 0.15) is 5.69 Å². The second kappa shape index (κ2) is 7.15. The van der Waals surface area contributed by atoms with E-state index in [-0.39, 0.29) is 0 Å². The van der Waals surface area contributed by atoms with Gasteiger partial charge in [-0.2, -0.15) is 0 Å². The molecule has 0 bridgehead atoms. The third-order valence-corrected chi connectivity index (χ3v) is 5.97. The number of aromatic nitrogens is 4. The average Bonchev–Trinajstić information content (AvgIpc) is 3.34. The van der Waals surface area contributed by atoms with E-state index in [2.05, 4.69) is 43.6 Å². The highest BCUT2D eigenvalue weighted by atomic mass is 79.9. The summed E-state index contributed by atoms with van der Waals surface area (Å²) in [6.45, 7) is 0. The van der Waals surface area contributed by atoms with Crippen LogP contribution in [0.2, 0.25) is 0 Å². The Kier molecular flexibility index (Phi) is 4.74. The zero-order valence-corrected chi connectivity index (χ0v) is 16.4. The molecule has 0 aliphatic carbocycles. The van der Waals surface area contributed by atoms with Gasteiger partial charge in [-0.25, -0.2) is 4.98 Å². The van der Waals surface area contributed by atoms with Crippen molar-refractivity contribution < 1.29 is 4.42 Å². The maximum absolute atomic E-state index is 5.55. The van der Waals surface area contributed by atoms with Crippen molar-refractivity contribution in [2.24, 2.45) is 7.05 Å². The Morgan fingerprint density at radius 1 is 1.16 bits per heavy atom. The second-order valence-corrected chi connectivity index (χ2v) is 7.85. The number of thioether (sulfide) groups is 1. The Morgan fingerprint density at radius 3 is 2.76 bits per heavy atom. The summed E-state index contributed by atoms with van der Waals surface area (Å²) < 4.78 is 8.16. The minimum Gasteiger partial charge on any atom is -0.446 e. The lowest BCUT2D eigenvalue weighted by Crippen LogP contribution is -1.94. The number of rotatable bonds is 5. The van der Waals surface area contributed by atoms with Gasteiger partial charge >= 0.3 is 0 Å². The van der Waals surface area contributed by atoms with Crippen LogP contribution >= 0.6 is 39.0 Å². The lowest BCUT2D eigenvalue weighted by atomic mass is 10.2. The van der Waals surface area contributed by atoms with Gasteiger partial charge < -0.3 is 8.98 Å². The second-order valence-electron chi connectivity index (χ2n) is 5.27. The number of halogens is 1. The van der Waals surface area contributed by atoms with Crippen molar-refractivity contribution in [3.8, 4) is 22.2 Å². The molecule has 0 aliphatic heterocycles. The smallest absolute Gasteiger partial charge is 0.200 e. The predicted molar refractivity (Wildman–Crippen MR) is 104 cm³/mol. The molecule has 126 valence electrons. The molecule has 25 heavy (non-hydrogen) atoms. The molecule has 4 aromatic rings. The van der Waals surface area contributed by atoms with Gasteiger partial charge in [0.05, 0.1) is 5.69 Å². The largest absolute Gasteiger partial charge is 0.446 e. The first-order chi connectivity index (χ1) is 12.2. The Hall–Kier alpha value is -1.90. The maximum atomic E-state index is 5.55. The highest BCUT2D eigenvalue weighted by Crippen LogP contribution is 2.29. The van der Waals surface area contributed by atoms with Gasteiger partial charge in [0.25, 0.3) is 0 Å². The Labute approximate surface area is 161 Å². The van der Waals surface area contributed by atoms with Crippen LogP contribution < -0.4 is 0 Å². The zero-order chi connectivity index (χ0) is 17.2. The maximum Gasteiger partial charge on any atom is 0.200 e. The van der Waals surface area contributed by atoms with E-state index < -0.39 is 0 Å². The molecule has 0 unspecified atom stereocenters. The normalized spacial score (nSPS) is 11.1. The van der Waals surface area contributed by atoms with Crippen LogP contribution in [0, 0.1) is 0 Å². The van der Waals surface area contributed by atoms with E-state index in [1.165, 1.54) is 0 Å². The number of benzene rings is 1. The van der Waals surface area contributed by atoms with Crippen LogP contribution in [0.15, 0.2) is 62.1 Å². The van der Waals surface area contributed by atoms with Crippen LogP contribution in [0.5, 0.6) is 0 Å². The fraction of sp³-hybridized carbons (Fsp3) is 0.118. The fourth-order valence-electron chi connectivity index (χ4n) is 2.31. The third kappa shape index (κ3) is 3.56. The van der Waals surface area contributed by atoms with Crippen LogP contribution in [-0.2, 0) is 12.8 Å². The zero-order valence-electron chi connectivity index (χ0n) is 13.2. The standard InChI is InChI=1S/C17H13BrN4OS2/c1-22-15(13-7-8-14(18)23-13)20-21-17(22)25-10-12-9-24-16(19-12)11-5-3-2-4-6-11/h2-9H,10H2,1H3. The van der Waals surface area contributed by atoms with Crippen molar-refractivity contribution in [1.29, 1.82) is 0 Å². The summed E-state index contributed by atoms with van der Waals surface area (Å²) in [5.41, 5.74) is 2.19. The molecule has 0 saturated carbocycles. The number of nitrogens with zero attached hydrogens (tertiary/aromatic N) is 4. The van der Waals surface area contributed by atoms with Crippen LogP contribution in [0.4, 0.5) is 0 Å². The molecule has 0 atom stereocenters. The number of hydrogen-bond donors (Lipinski definition) is 0. The van der Waals surface area contributed by atoms with Gasteiger partial charge in [-0.05, 0) is 28.1 Å². The van der Waals surface area contributed by atoms with Crippen LogP contribution in [-0.4, -0.2) is 19.7 Å². The van der Waals surface area contributed by atoms with Gasteiger partial charge in [0.1, 0.15) is 5.01 Å². The van der Waals surface area contributed by atoms with E-state index in [1.807, 2.05) is 41.9 Å². The minimum absolute atomic E-state index is 0.676. The lowest BCUT2D eigenvalue weighted by Gasteiger charge is -2.01. The van der Waals surface area contributed by atoms with Gasteiger partial charge in [-0.15, -0.1) is 21.5 Å². The summed E-state index contributed by atoms with van der Waals surface area (Å²) in [5, 5.41) is 12.4. The van der Waals surface area contributed by atoms with Gasteiger partial charge in [0, 0.05) is 23.7 Å². The molecule has 0 N–H and O–H groups in total. The summed E-state index contributed by atoms with van der Waals surface area (Å²) in [6, 6.07) is 13.9. The highest BCUT2D eigenvalue weighted by Gasteiger charge is 2.15. The molecule has 0 spiro atoms. The van der Waals surface area contributed by atoms with Crippen molar-refractivity contribution in [2.75, 3.05) is 0 Å². The summed E-state index contributed by atoms with van der Waals surface area (Å²) in [7, 11) is 1.94. The first-order valence-corrected chi connectivity index (χ1v) is 10.1. The summed E-state index contributed by atoms with van der Waals surface area (Å²) >= 11 is 6.58. The molecule has 0 aliphatic rings. The predicted octanol–water partition coefficient (Wildman–Crippen LogP) is 5.25. The first-order valence-electron chi connectivity index (χ1n) is 7.48. The number of hydrogen-bond acceptors (Lipinski definition) is 6. The van der Waals surface area contributed by atoms with Crippen molar-refractivity contribution >= 4 is 39.0 Å². The van der Waals surface area contributed by atoms with E-state index in [9.17, 15) is 0 Å². The lowest BCUT2D eigenvalue weighted by molar-refractivity contribution is 0.547. The quantitative estimate of drug-likeness (QED) is 0.402. The minimum atomic E-state index is 0.676. The Balaban J connectivity index is 1.47. The van der Waals surface area contributed by atoms with Gasteiger partial charge in [-0.1, -0.05) is 42.1 Å². The van der Waals surface area contributed by atoms with Gasteiger partial charge in [0.15, 0.2) is 21.4 Å². The van der Waals surface area contributed by atoms with E-state index >= 15 is 0 Å². The SMILES string of the molecule is Cn1c(SCc2csc(-c3ccccc3)n2)nnc1-c1ccc(Br)o1. The Bertz CT molecular complexity index is 993. The summed E-state index contributed by atoms with van der Waals surface area (Å²) in [5.74, 6) is 2.14. The highest BCUT2D eigenvalue weighted by molar-refractivity contribution is 9.10. The summed E-state index contributed by atoms with van der Waals surface area (Å²) in [4.78, 5) is 4.71. The van der Waals surface area contributed by atoms with E-state index in [4.69, 9.17) is 9.40 Å². The van der Waals surface area contributed by atoms with Crippen LogP contribution in [0.3, 0.4) is 0 Å². The van der Waals surface area contributed by atoms with Gasteiger partial charge in [0.2, 0.25) is 0 Å². The average molecular weight is 433 g/mol. The molecule has 3 heterocycles. The third-order valence-electron chi connectivity index (χ3n) is 3.55. The van der Waals surface area contributed by atoms with Crippen LogP contribution in [0.25, 0.3) is 22.2 Å². The molecule has 0 fully saturated rings. The topological polar surface area (TPSA) is 56.7 Å². The van der Waals surface area contributed by atoms with Crippen molar-refractivity contribution in [3.05, 3.63) is 58.2 Å². The number of thiazole rings is 1. The molecule has 0 amide bonds. The molecule has 0 radical (unpaired) electrons. The molecule has 4 rings (SSSR count). The van der Waals surface area contributed by atoms with E-state index in [0.29, 0.717) is 16.3 Å². The van der Waals surface area contributed by atoms with Crippen molar-refractivity contribution in [1.82, 2.24) is 19.7 Å². The molecule has 0 saturated heterocycles. The van der Waals surface area contributed by atoms with Gasteiger partial charge in [-0.3, -0.25) is 0 Å².